The van der Waals surface area contributed by atoms with E-state index in [9.17, 15) is 14.4 Å². The molecular weight excluding hydrogens is 322 g/mol. The molecule has 4 rings (SSSR count). The summed E-state index contributed by atoms with van der Waals surface area (Å²) < 4.78 is 0. The van der Waals surface area contributed by atoms with Crippen LogP contribution in [0.5, 0.6) is 0 Å². The number of amides is 3. The molecule has 0 saturated carbocycles. The average Bonchev–Trinajstić information content (AvgIpc) is 2.65. The van der Waals surface area contributed by atoms with E-state index in [0.717, 1.165) is 0 Å². The van der Waals surface area contributed by atoms with Crippen LogP contribution < -0.4 is 0 Å². The summed E-state index contributed by atoms with van der Waals surface area (Å²) >= 11 is 0. The minimum absolute atomic E-state index is 0.0739. The van der Waals surface area contributed by atoms with Crippen molar-refractivity contribution >= 4 is 28.8 Å². The second-order valence-corrected chi connectivity index (χ2v) is 6.28. The van der Waals surface area contributed by atoms with Gasteiger partial charge in [0.15, 0.2) is 0 Å². The van der Waals surface area contributed by atoms with Crippen LogP contribution in [-0.2, 0) is 9.59 Å². The van der Waals surface area contributed by atoms with Crippen LogP contribution in [0.2, 0.25) is 0 Å². The van der Waals surface area contributed by atoms with E-state index in [1.165, 1.54) is 4.90 Å². The predicted molar refractivity (Wildman–Crippen MR) is 88.6 cm³/mol. The summed E-state index contributed by atoms with van der Waals surface area (Å²) in [5.74, 6) is -0.399. The van der Waals surface area contributed by atoms with Crippen LogP contribution in [0.1, 0.15) is 10.4 Å². The fraction of sp³-hybridized carbons (Fsp3) is 0.353. The quantitative estimate of drug-likeness (QED) is 0.715. The molecule has 0 spiro atoms. The summed E-state index contributed by atoms with van der Waals surface area (Å²) in [5.41, 5.74) is 1.65. The molecular formula is C17H17N5O3. The third kappa shape index (κ3) is 2.50. The first-order chi connectivity index (χ1) is 12.1. The van der Waals surface area contributed by atoms with Gasteiger partial charge in [-0.05, 0) is 12.1 Å². The van der Waals surface area contributed by atoms with Gasteiger partial charge in [-0.15, -0.1) is 0 Å². The van der Waals surface area contributed by atoms with Gasteiger partial charge in [-0.25, -0.2) is 0 Å². The molecule has 128 valence electrons. The predicted octanol–water partition coefficient (Wildman–Crippen LogP) is -0.245. The molecule has 1 atom stereocenters. The Kier molecular flexibility index (Phi) is 3.60. The normalized spacial score (nSPS) is 20.8. The molecule has 0 unspecified atom stereocenters. The Bertz CT molecular complexity index is 878. The van der Waals surface area contributed by atoms with Crippen molar-refractivity contribution in [2.45, 2.75) is 6.04 Å². The monoisotopic (exact) mass is 339 g/mol. The molecule has 25 heavy (non-hydrogen) atoms. The first-order valence-electron chi connectivity index (χ1n) is 8.09. The lowest BCUT2D eigenvalue weighted by Gasteiger charge is -2.45. The fourth-order valence-electron chi connectivity index (χ4n) is 3.44. The molecule has 2 aliphatic heterocycles. The average molecular weight is 339 g/mol. The van der Waals surface area contributed by atoms with E-state index in [-0.39, 0.29) is 30.8 Å². The van der Waals surface area contributed by atoms with Gasteiger partial charge in [0.2, 0.25) is 11.8 Å². The van der Waals surface area contributed by atoms with E-state index in [1.54, 1.807) is 47.4 Å². The Hall–Kier alpha value is -3.03. The number of rotatable bonds is 1. The maximum absolute atomic E-state index is 13.0. The van der Waals surface area contributed by atoms with E-state index in [4.69, 9.17) is 0 Å². The SMILES string of the molecule is CN1CC(=O)N2CCN(C(=O)c3cccc4nccnc34)C[C@@H]2C1=O. The first kappa shape index (κ1) is 15.5. The van der Waals surface area contributed by atoms with Crippen LogP contribution in [0.15, 0.2) is 30.6 Å². The number of carbonyl (C=O) groups excluding carboxylic acids is 3. The Morgan fingerprint density at radius 1 is 1.16 bits per heavy atom. The number of nitrogens with zero attached hydrogens (tertiary/aromatic N) is 5. The molecule has 0 bridgehead atoms. The number of piperazine rings is 2. The van der Waals surface area contributed by atoms with Gasteiger partial charge >= 0.3 is 0 Å². The molecule has 1 aromatic carbocycles. The van der Waals surface area contributed by atoms with Gasteiger partial charge in [0.05, 0.1) is 24.2 Å². The van der Waals surface area contributed by atoms with Crippen molar-refractivity contribution in [1.82, 2.24) is 24.7 Å². The molecule has 2 fully saturated rings. The topological polar surface area (TPSA) is 86.7 Å². The van der Waals surface area contributed by atoms with Crippen molar-refractivity contribution < 1.29 is 14.4 Å². The minimum atomic E-state index is -0.606. The van der Waals surface area contributed by atoms with E-state index in [0.29, 0.717) is 29.7 Å². The number of hydrogen-bond acceptors (Lipinski definition) is 5. The van der Waals surface area contributed by atoms with Crippen molar-refractivity contribution in [1.29, 1.82) is 0 Å². The van der Waals surface area contributed by atoms with E-state index in [1.807, 2.05) is 0 Å². The summed E-state index contributed by atoms with van der Waals surface area (Å²) in [4.78, 5) is 50.6. The zero-order chi connectivity index (χ0) is 17.6. The highest BCUT2D eigenvalue weighted by molar-refractivity contribution is 6.05. The molecule has 1 aromatic heterocycles. The Morgan fingerprint density at radius 2 is 1.96 bits per heavy atom. The number of para-hydroxylation sites is 1. The molecule has 8 nitrogen and oxygen atoms in total. The molecule has 2 saturated heterocycles. The largest absolute Gasteiger partial charge is 0.335 e. The van der Waals surface area contributed by atoms with Crippen LogP contribution in [0.3, 0.4) is 0 Å². The van der Waals surface area contributed by atoms with Gasteiger partial charge in [0.1, 0.15) is 11.6 Å². The van der Waals surface area contributed by atoms with E-state index < -0.39 is 6.04 Å². The van der Waals surface area contributed by atoms with Crippen molar-refractivity contribution in [3.8, 4) is 0 Å². The fourth-order valence-corrected chi connectivity index (χ4v) is 3.44. The summed E-state index contributed by atoms with van der Waals surface area (Å²) in [6.07, 6.45) is 3.13. The third-order valence-electron chi connectivity index (χ3n) is 4.75. The Balaban J connectivity index is 1.63. The van der Waals surface area contributed by atoms with Gasteiger partial charge in [-0.1, -0.05) is 6.07 Å². The standard InChI is InChI=1S/C17H17N5O3/c1-20-10-14(23)22-8-7-21(9-13(22)17(20)25)16(24)11-3-2-4-12-15(11)19-6-5-18-12/h2-6,13H,7-10H2,1H3/t13-/m1/s1. The van der Waals surface area contributed by atoms with Crippen molar-refractivity contribution in [3.05, 3.63) is 36.2 Å². The lowest BCUT2D eigenvalue weighted by molar-refractivity contribution is -0.157. The number of aromatic nitrogens is 2. The highest BCUT2D eigenvalue weighted by Crippen LogP contribution is 2.21. The smallest absolute Gasteiger partial charge is 0.256 e. The van der Waals surface area contributed by atoms with Crippen LogP contribution in [0.25, 0.3) is 11.0 Å². The van der Waals surface area contributed by atoms with Crippen LogP contribution >= 0.6 is 0 Å². The second-order valence-electron chi connectivity index (χ2n) is 6.28. The van der Waals surface area contributed by atoms with Crippen molar-refractivity contribution in [2.75, 3.05) is 33.2 Å². The highest BCUT2D eigenvalue weighted by atomic mass is 16.2. The number of likely N-dealkylation sites (N-methyl/N-ethyl adjacent to an activating group) is 1. The third-order valence-corrected chi connectivity index (χ3v) is 4.75. The molecule has 8 heteroatoms. The lowest BCUT2D eigenvalue weighted by atomic mass is 10.1. The summed E-state index contributed by atoms with van der Waals surface area (Å²) in [5, 5.41) is 0. The van der Waals surface area contributed by atoms with Crippen molar-refractivity contribution in [2.24, 2.45) is 0 Å². The van der Waals surface area contributed by atoms with E-state index in [2.05, 4.69) is 9.97 Å². The number of carbonyl (C=O) groups is 3. The van der Waals surface area contributed by atoms with Crippen LogP contribution in [-0.4, -0.2) is 81.7 Å². The van der Waals surface area contributed by atoms with Crippen LogP contribution in [0.4, 0.5) is 0 Å². The molecule has 3 heterocycles. The summed E-state index contributed by atoms with van der Waals surface area (Å²) in [6.45, 7) is 1.06. The van der Waals surface area contributed by atoms with Gasteiger partial charge in [0.25, 0.3) is 5.91 Å². The zero-order valence-corrected chi connectivity index (χ0v) is 13.8. The molecule has 0 radical (unpaired) electrons. The Labute approximate surface area is 144 Å². The van der Waals surface area contributed by atoms with Gasteiger partial charge < -0.3 is 14.7 Å². The van der Waals surface area contributed by atoms with E-state index >= 15 is 0 Å². The minimum Gasteiger partial charge on any atom is -0.335 e. The maximum atomic E-state index is 13.0. The van der Waals surface area contributed by atoms with Gasteiger partial charge in [0, 0.05) is 32.5 Å². The highest BCUT2D eigenvalue weighted by Gasteiger charge is 2.42. The summed E-state index contributed by atoms with van der Waals surface area (Å²) in [7, 11) is 1.61. The van der Waals surface area contributed by atoms with Crippen molar-refractivity contribution in [3.63, 3.8) is 0 Å². The maximum Gasteiger partial charge on any atom is 0.256 e. The number of hydrogen-bond donors (Lipinski definition) is 0. The molecule has 3 amide bonds. The molecule has 0 N–H and O–H groups in total. The summed E-state index contributed by atoms with van der Waals surface area (Å²) in [6, 6.07) is 4.68. The number of benzene rings is 1. The van der Waals surface area contributed by atoms with Crippen LogP contribution in [0, 0.1) is 0 Å². The second kappa shape index (κ2) is 5.80. The molecule has 0 aliphatic carbocycles. The molecule has 2 aromatic rings. The van der Waals surface area contributed by atoms with Gasteiger partial charge in [-0.2, -0.15) is 0 Å². The van der Waals surface area contributed by atoms with Gasteiger partial charge in [-0.3, -0.25) is 24.4 Å². The number of fused-ring (bicyclic) bond motifs is 2. The lowest BCUT2D eigenvalue weighted by Crippen LogP contribution is -2.66. The first-order valence-corrected chi connectivity index (χ1v) is 8.09. The molecule has 2 aliphatic rings. The zero-order valence-electron chi connectivity index (χ0n) is 13.8. The Morgan fingerprint density at radius 3 is 2.80 bits per heavy atom.